The predicted molar refractivity (Wildman–Crippen MR) is 58.5 cm³/mol. The molecular formula is C10H5BrF2N2O2. The maximum atomic E-state index is 13.1. The van der Waals surface area contributed by atoms with Crippen molar-refractivity contribution < 1.29 is 18.0 Å². The van der Waals surface area contributed by atoms with Gasteiger partial charge < -0.3 is 9.73 Å². The molecule has 1 amide bonds. The van der Waals surface area contributed by atoms with E-state index in [0.717, 1.165) is 12.1 Å². The standard InChI is InChI=1S/C10H5BrF2N2O2/c11-7-3-2-6(17-7)10(16)14-5-1-4-8(12)15-9(5)13/h1-4H,(H,14,16). The highest BCUT2D eigenvalue weighted by atomic mass is 79.9. The number of hydrogen-bond acceptors (Lipinski definition) is 3. The van der Waals surface area contributed by atoms with Crippen LogP contribution in [0.4, 0.5) is 14.5 Å². The Bertz CT molecular complexity index is 571. The SMILES string of the molecule is O=C(Nc1ccc(F)nc1F)c1ccc(Br)o1. The van der Waals surface area contributed by atoms with Crippen LogP contribution in [-0.2, 0) is 0 Å². The summed E-state index contributed by atoms with van der Waals surface area (Å²) < 4.78 is 31.0. The Labute approximate surface area is 103 Å². The van der Waals surface area contributed by atoms with Crippen LogP contribution in [0.5, 0.6) is 0 Å². The van der Waals surface area contributed by atoms with Crippen molar-refractivity contribution in [3.8, 4) is 0 Å². The third-order valence-corrected chi connectivity index (χ3v) is 2.29. The minimum Gasteiger partial charge on any atom is -0.444 e. The molecule has 4 nitrogen and oxygen atoms in total. The summed E-state index contributed by atoms with van der Waals surface area (Å²) in [4.78, 5) is 14.5. The lowest BCUT2D eigenvalue weighted by Gasteiger charge is -2.03. The average molecular weight is 303 g/mol. The van der Waals surface area contributed by atoms with Crippen LogP contribution in [0.15, 0.2) is 33.4 Å². The number of halogens is 3. The van der Waals surface area contributed by atoms with E-state index in [1.54, 1.807) is 0 Å². The number of anilines is 1. The van der Waals surface area contributed by atoms with Gasteiger partial charge in [0.2, 0.25) is 11.9 Å². The number of furan rings is 1. The molecule has 2 heterocycles. The summed E-state index contributed by atoms with van der Waals surface area (Å²) in [6.07, 6.45) is 0. The van der Waals surface area contributed by atoms with Crippen molar-refractivity contribution in [2.75, 3.05) is 5.32 Å². The Morgan fingerprint density at radius 3 is 2.65 bits per heavy atom. The summed E-state index contributed by atoms with van der Waals surface area (Å²) in [7, 11) is 0. The highest BCUT2D eigenvalue weighted by molar-refractivity contribution is 9.10. The van der Waals surface area contributed by atoms with Crippen molar-refractivity contribution in [3.63, 3.8) is 0 Å². The van der Waals surface area contributed by atoms with Gasteiger partial charge in [0.25, 0.3) is 5.91 Å². The van der Waals surface area contributed by atoms with E-state index in [4.69, 9.17) is 4.42 Å². The molecule has 0 atom stereocenters. The van der Waals surface area contributed by atoms with E-state index in [2.05, 4.69) is 26.2 Å². The van der Waals surface area contributed by atoms with Gasteiger partial charge in [0, 0.05) is 0 Å². The van der Waals surface area contributed by atoms with E-state index in [-0.39, 0.29) is 11.4 Å². The summed E-state index contributed by atoms with van der Waals surface area (Å²) in [5, 5.41) is 2.21. The number of nitrogens with zero attached hydrogens (tertiary/aromatic N) is 1. The number of aromatic nitrogens is 1. The Hall–Kier alpha value is -1.76. The number of amides is 1. The zero-order valence-electron chi connectivity index (χ0n) is 8.21. The van der Waals surface area contributed by atoms with Gasteiger partial charge in [-0.3, -0.25) is 4.79 Å². The minimum atomic E-state index is -1.09. The predicted octanol–water partition coefficient (Wildman–Crippen LogP) is 2.97. The first-order valence-corrected chi connectivity index (χ1v) is 5.24. The van der Waals surface area contributed by atoms with Gasteiger partial charge in [-0.15, -0.1) is 0 Å². The van der Waals surface area contributed by atoms with Gasteiger partial charge >= 0.3 is 0 Å². The number of nitrogens with one attached hydrogen (secondary N) is 1. The van der Waals surface area contributed by atoms with E-state index in [0.29, 0.717) is 4.67 Å². The van der Waals surface area contributed by atoms with Gasteiger partial charge in [-0.2, -0.15) is 13.8 Å². The summed E-state index contributed by atoms with van der Waals surface area (Å²) in [5.74, 6) is -2.70. The largest absolute Gasteiger partial charge is 0.444 e. The molecule has 0 saturated carbocycles. The summed E-state index contributed by atoms with van der Waals surface area (Å²) in [5.41, 5.74) is -0.219. The van der Waals surface area contributed by atoms with Gasteiger partial charge in [-0.05, 0) is 40.2 Å². The Balaban J connectivity index is 2.18. The zero-order valence-corrected chi connectivity index (χ0v) is 9.79. The number of hydrogen-bond donors (Lipinski definition) is 1. The van der Waals surface area contributed by atoms with Crippen molar-refractivity contribution in [2.45, 2.75) is 0 Å². The van der Waals surface area contributed by atoms with Gasteiger partial charge in [-0.1, -0.05) is 0 Å². The van der Waals surface area contributed by atoms with E-state index in [1.165, 1.54) is 12.1 Å². The molecule has 2 aromatic rings. The molecule has 0 bridgehead atoms. The number of carbonyl (C=O) groups is 1. The Morgan fingerprint density at radius 2 is 2.06 bits per heavy atom. The fourth-order valence-electron chi connectivity index (χ4n) is 1.13. The lowest BCUT2D eigenvalue weighted by molar-refractivity contribution is 0.0994. The van der Waals surface area contributed by atoms with Gasteiger partial charge in [-0.25, -0.2) is 0 Å². The first-order valence-electron chi connectivity index (χ1n) is 4.45. The average Bonchev–Trinajstić information content (AvgIpc) is 2.69. The molecule has 2 aromatic heterocycles. The molecule has 0 aromatic carbocycles. The summed E-state index contributed by atoms with van der Waals surface area (Å²) in [6.45, 7) is 0. The third kappa shape index (κ3) is 2.68. The monoisotopic (exact) mass is 302 g/mol. The zero-order chi connectivity index (χ0) is 12.4. The topological polar surface area (TPSA) is 55.1 Å². The first-order chi connectivity index (χ1) is 8.06. The van der Waals surface area contributed by atoms with Crippen molar-refractivity contribution in [1.82, 2.24) is 4.98 Å². The summed E-state index contributed by atoms with van der Waals surface area (Å²) in [6, 6.07) is 4.95. The van der Waals surface area contributed by atoms with Crippen LogP contribution in [-0.4, -0.2) is 10.9 Å². The second kappa shape index (κ2) is 4.62. The van der Waals surface area contributed by atoms with E-state index < -0.39 is 17.8 Å². The van der Waals surface area contributed by atoms with Crippen LogP contribution >= 0.6 is 15.9 Å². The van der Waals surface area contributed by atoms with Crippen molar-refractivity contribution >= 4 is 27.5 Å². The molecule has 0 aliphatic rings. The van der Waals surface area contributed by atoms with Crippen molar-refractivity contribution in [1.29, 1.82) is 0 Å². The lowest BCUT2D eigenvalue weighted by Crippen LogP contribution is -2.12. The van der Waals surface area contributed by atoms with Crippen LogP contribution < -0.4 is 5.32 Å². The third-order valence-electron chi connectivity index (χ3n) is 1.86. The molecule has 88 valence electrons. The molecule has 0 spiro atoms. The van der Waals surface area contributed by atoms with Crippen LogP contribution in [0.25, 0.3) is 0 Å². The quantitative estimate of drug-likeness (QED) is 0.868. The van der Waals surface area contributed by atoms with E-state index in [1.807, 2.05) is 0 Å². The number of carbonyl (C=O) groups excluding carboxylic acids is 1. The van der Waals surface area contributed by atoms with Gasteiger partial charge in [0.05, 0.1) is 5.69 Å². The summed E-state index contributed by atoms with van der Waals surface area (Å²) >= 11 is 3.03. The second-order valence-corrected chi connectivity index (χ2v) is 3.81. The molecule has 2 rings (SSSR count). The Morgan fingerprint density at radius 1 is 1.29 bits per heavy atom. The van der Waals surface area contributed by atoms with Gasteiger partial charge in [0.15, 0.2) is 10.4 Å². The highest BCUT2D eigenvalue weighted by Crippen LogP contribution is 2.17. The van der Waals surface area contributed by atoms with Crippen molar-refractivity contribution in [3.05, 3.63) is 46.6 Å². The molecular weight excluding hydrogens is 298 g/mol. The Kier molecular flexibility index (Phi) is 3.19. The normalized spacial score (nSPS) is 10.3. The maximum absolute atomic E-state index is 13.1. The van der Waals surface area contributed by atoms with E-state index in [9.17, 15) is 13.6 Å². The number of rotatable bonds is 2. The highest BCUT2D eigenvalue weighted by Gasteiger charge is 2.13. The molecule has 1 N–H and O–H groups in total. The fraction of sp³-hybridized carbons (Fsp3) is 0. The molecule has 0 aliphatic heterocycles. The van der Waals surface area contributed by atoms with Gasteiger partial charge in [0.1, 0.15) is 0 Å². The van der Waals surface area contributed by atoms with Crippen LogP contribution in [0.1, 0.15) is 10.6 Å². The molecule has 0 fully saturated rings. The molecule has 17 heavy (non-hydrogen) atoms. The molecule has 0 aliphatic carbocycles. The van der Waals surface area contributed by atoms with Crippen LogP contribution in [0.3, 0.4) is 0 Å². The minimum absolute atomic E-state index is 0.000556. The van der Waals surface area contributed by atoms with Crippen LogP contribution in [0.2, 0.25) is 0 Å². The lowest BCUT2D eigenvalue weighted by atomic mass is 10.3. The molecule has 0 unspecified atom stereocenters. The molecule has 7 heteroatoms. The fourth-order valence-corrected chi connectivity index (χ4v) is 1.43. The second-order valence-electron chi connectivity index (χ2n) is 3.03. The molecule has 0 saturated heterocycles. The maximum Gasteiger partial charge on any atom is 0.291 e. The van der Waals surface area contributed by atoms with E-state index >= 15 is 0 Å². The smallest absolute Gasteiger partial charge is 0.291 e. The van der Waals surface area contributed by atoms with Crippen molar-refractivity contribution in [2.24, 2.45) is 0 Å². The van der Waals surface area contributed by atoms with Crippen LogP contribution in [0, 0.1) is 11.9 Å². The number of pyridine rings is 1. The molecule has 0 radical (unpaired) electrons. The first kappa shape index (κ1) is 11.7.